The van der Waals surface area contributed by atoms with Crippen LogP contribution in [0.2, 0.25) is 0 Å². The van der Waals surface area contributed by atoms with Crippen LogP contribution in [0.1, 0.15) is 6.42 Å². The molecule has 0 radical (unpaired) electrons. The van der Waals surface area contributed by atoms with Gasteiger partial charge in [-0.2, -0.15) is 0 Å². The summed E-state index contributed by atoms with van der Waals surface area (Å²) in [6.07, 6.45) is 1.07. The van der Waals surface area contributed by atoms with Gasteiger partial charge in [0.2, 0.25) is 0 Å². The quantitative estimate of drug-likeness (QED) is 0.666. The van der Waals surface area contributed by atoms with Crippen molar-refractivity contribution in [2.75, 3.05) is 19.8 Å². The maximum Gasteiger partial charge on any atom is 0.407 e. The molecule has 6 nitrogen and oxygen atoms in total. The van der Waals surface area contributed by atoms with Crippen LogP contribution in [0.3, 0.4) is 0 Å². The largest absolute Gasteiger partial charge is 0.481 e. The number of carboxylic acids is 1. The van der Waals surface area contributed by atoms with Gasteiger partial charge in [0.15, 0.2) is 0 Å². The van der Waals surface area contributed by atoms with E-state index in [9.17, 15) is 9.59 Å². The molecule has 0 saturated carbocycles. The maximum absolute atomic E-state index is 11.0. The monoisotopic (exact) mass is 229 g/mol. The Hall–Kier alpha value is -1.56. The summed E-state index contributed by atoms with van der Waals surface area (Å²) in [5, 5.41) is 11.2. The van der Waals surface area contributed by atoms with Crippen molar-refractivity contribution in [2.45, 2.75) is 12.5 Å². The summed E-state index contributed by atoms with van der Waals surface area (Å²) >= 11 is 0. The smallest absolute Gasteiger partial charge is 0.407 e. The molecule has 1 saturated heterocycles. The van der Waals surface area contributed by atoms with Gasteiger partial charge in [-0.15, -0.1) is 0 Å². The molecule has 6 heteroatoms. The first kappa shape index (κ1) is 12.5. The third-order valence-electron chi connectivity index (χ3n) is 2.24. The Morgan fingerprint density at radius 3 is 2.94 bits per heavy atom. The molecule has 0 aliphatic carbocycles. The number of aliphatic carboxylic acids is 1. The Kier molecular flexibility index (Phi) is 4.78. The third kappa shape index (κ3) is 3.90. The minimum Gasteiger partial charge on any atom is -0.481 e. The molecule has 1 heterocycles. The molecular weight excluding hydrogens is 214 g/mol. The number of nitrogens with one attached hydrogen (secondary N) is 1. The lowest BCUT2D eigenvalue weighted by Crippen LogP contribution is -2.32. The minimum atomic E-state index is -0.864. The van der Waals surface area contributed by atoms with Crippen molar-refractivity contribution in [1.29, 1.82) is 0 Å². The molecule has 0 aromatic heterocycles. The van der Waals surface area contributed by atoms with Gasteiger partial charge in [-0.05, 0) is 6.42 Å². The molecule has 1 aliphatic rings. The summed E-state index contributed by atoms with van der Waals surface area (Å²) in [6.45, 7) is 4.01. The topological polar surface area (TPSA) is 84.9 Å². The van der Waals surface area contributed by atoms with Crippen LogP contribution in [0.25, 0.3) is 0 Å². The molecule has 2 atom stereocenters. The summed E-state index contributed by atoms with van der Waals surface area (Å²) in [6, 6.07) is 0. The predicted octanol–water partition coefficient (Wildman–Crippen LogP) is 0.388. The Balaban J connectivity index is 2.17. The first-order valence-electron chi connectivity index (χ1n) is 4.99. The highest BCUT2D eigenvalue weighted by Crippen LogP contribution is 2.18. The Labute approximate surface area is 93.2 Å². The lowest BCUT2D eigenvalue weighted by Gasteiger charge is -2.10. The SMILES string of the molecule is C=CCOC(=O)NC[C@@H]1C[C@H](C(=O)O)CO1. The van der Waals surface area contributed by atoms with E-state index in [1.807, 2.05) is 0 Å². The fourth-order valence-electron chi connectivity index (χ4n) is 1.40. The average Bonchev–Trinajstić information content (AvgIpc) is 2.72. The number of hydrogen-bond acceptors (Lipinski definition) is 4. The number of carbonyl (C=O) groups excluding carboxylic acids is 1. The highest BCUT2D eigenvalue weighted by molar-refractivity contribution is 5.70. The van der Waals surface area contributed by atoms with Gasteiger partial charge in [0, 0.05) is 6.54 Å². The van der Waals surface area contributed by atoms with Crippen LogP contribution in [0.15, 0.2) is 12.7 Å². The lowest BCUT2D eigenvalue weighted by atomic mass is 10.1. The van der Waals surface area contributed by atoms with Crippen molar-refractivity contribution in [2.24, 2.45) is 5.92 Å². The standard InChI is InChI=1S/C10H15NO5/c1-2-3-15-10(14)11-5-8-4-7(6-16-8)9(12)13/h2,7-8H,1,3-6H2,(H,11,14)(H,12,13)/t7-,8-/m0/s1. The van der Waals surface area contributed by atoms with Gasteiger partial charge >= 0.3 is 12.1 Å². The van der Waals surface area contributed by atoms with Gasteiger partial charge in [0.05, 0.1) is 18.6 Å². The van der Waals surface area contributed by atoms with Gasteiger partial charge in [0.25, 0.3) is 0 Å². The van der Waals surface area contributed by atoms with Crippen molar-refractivity contribution in [3.63, 3.8) is 0 Å². The summed E-state index contributed by atoms with van der Waals surface area (Å²) in [7, 11) is 0. The summed E-state index contributed by atoms with van der Waals surface area (Å²) in [5.41, 5.74) is 0. The molecule has 2 N–H and O–H groups in total. The first-order valence-corrected chi connectivity index (χ1v) is 4.99. The fourth-order valence-corrected chi connectivity index (χ4v) is 1.40. The molecule has 1 amide bonds. The number of hydrogen-bond donors (Lipinski definition) is 2. The van der Waals surface area contributed by atoms with Crippen LogP contribution in [0.5, 0.6) is 0 Å². The molecule has 16 heavy (non-hydrogen) atoms. The van der Waals surface area contributed by atoms with Crippen molar-refractivity contribution in [1.82, 2.24) is 5.32 Å². The van der Waals surface area contributed by atoms with E-state index in [-0.39, 0.29) is 25.9 Å². The molecule has 0 spiro atoms. The molecular formula is C10H15NO5. The third-order valence-corrected chi connectivity index (χ3v) is 2.24. The maximum atomic E-state index is 11.0. The lowest BCUT2D eigenvalue weighted by molar-refractivity contribution is -0.141. The van der Waals surface area contributed by atoms with Crippen LogP contribution in [0, 0.1) is 5.92 Å². The van der Waals surface area contributed by atoms with E-state index in [0.717, 1.165) is 0 Å². The van der Waals surface area contributed by atoms with E-state index in [2.05, 4.69) is 16.6 Å². The van der Waals surface area contributed by atoms with Crippen molar-refractivity contribution in [3.8, 4) is 0 Å². The van der Waals surface area contributed by atoms with E-state index in [4.69, 9.17) is 9.84 Å². The second-order valence-electron chi connectivity index (χ2n) is 3.49. The Morgan fingerprint density at radius 1 is 1.62 bits per heavy atom. The van der Waals surface area contributed by atoms with Crippen LogP contribution in [0.4, 0.5) is 4.79 Å². The van der Waals surface area contributed by atoms with Gasteiger partial charge in [-0.25, -0.2) is 4.79 Å². The molecule has 90 valence electrons. The zero-order valence-electron chi connectivity index (χ0n) is 8.85. The second kappa shape index (κ2) is 6.12. The number of rotatable bonds is 5. The highest BCUT2D eigenvalue weighted by atomic mass is 16.5. The van der Waals surface area contributed by atoms with Crippen LogP contribution >= 0.6 is 0 Å². The van der Waals surface area contributed by atoms with E-state index >= 15 is 0 Å². The van der Waals surface area contributed by atoms with Gasteiger partial charge < -0.3 is 19.9 Å². The molecule has 0 bridgehead atoms. The Bertz CT molecular complexity index is 278. The molecule has 0 aromatic carbocycles. The first-order chi connectivity index (χ1) is 7.63. The van der Waals surface area contributed by atoms with E-state index in [1.54, 1.807) is 0 Å². The van der Waals surface area contributed by atoms with E-state index < -0.39 is 18.0 Å². The van der Waals surface area contributed by atoms with Crippen molar-refractivity contribution < 1.29 is 24.2 Å². The highest BCUT2D eigenvalue weighted by Gasteiger charge is 2.30. The van der Waals surface area contributed by atoms with Crippen LogP contribution in [-0.2, 0) is 14.3 Å². The predicted molar refractivity (Wildman–Crippen MR) is 55.0 cm³/mol. The summed E-state index contributed by atoms with van der Waals surface area (Å²) < 4.78 is 9.90. The molecule has 1 aliphatic heterocycles. The average molecular weight is 229 g/mol. The van der Waals surface area contributed by atoms with Crippen LogP contribution in [-0.4, -0.2) is 43.0 Å². The number of carboxylic acid groups (broad SMARTS) is 1. The minimum absolute atomic E-state index is 0.148. The van der Waals surface area contributed by atoms with E-state index in [1.165, 1.54) is 6.08 Å². The number of carbonyl (C=O) groups is 2. The number of amides is 1. The van der Waals surface area contributed by atoms with Crippen LogP contribution < -0.4 is 5.32 Å². The molecule has 1 fully saturated rings. The van der Waals surface area contributed by atoms with Crippen molar-refractivity contribution in [3.05, 3.63) is 12.7 Å². The normalized spacial score (nSPS) is 23.8. The number of ether oxygens (including phenoxy) is 2. The summed E-state index contributed by atoms with van der Waals surface area (Å²) in [5.74, 6) is -1.34. The van der Waals surface area contributed by atoms with Gasteiger partial charge in [-0.3, -0.25) is 4.79 Å². The molecule has 0 aromatic rings. The Morgan fingerprint density at radius 2 is 2.38 bits per heavy atom. The zero-order valence-corrected chi connectivity index (χ0v) is 8.85. The number of alkyl carbamates (subject to hydrolysis) is 1. The van der Waals surface area contributed by atoms with Gasteiger partial charge in [-0.1, -0.05) is 12.7 Å². The van der Waals surface area contributed by atoms with E-state index in [0.29, 0.717) is 6.42 Å². The fraction of sp³-hybridized carbons (Fsp3) is 0.600. The second-order valence-corrected chi connectivity index (χ2v) is 3.49. The molecule has 0 unspecified atom stereocenters. The molecule has 1 rings (SSSR count). The van der Waals surface area contributed by atoms with Crippen molar-refractivity contribution >= 4 is 12.1 Å². The zero-order chi connectivity index (χ0) is 12.0. The summed E-state index contributed by atoms with van der Waals surface area (Å²) in [4.78, 5) is 21.6. The van der Waals surface area contributed by atoms with Gasteiger partial charge in [0.1, 0.15) is 6.61 Å².